The number of rotatable bonds is 16. The van der Waals surface area contributed by atoms with Crippen molar-refractivity contribution in [3.05, 3.63) is 78.0 Å². The molecule has 0 spiro atoms. The number of aliphatic hydroxyl groups is 2. The molecule has 2 aromatic carbocycles. The van der Waals surface area contributed by atoms with Crippen molar-refractivity contribution in [2.24, 2.45) is 11.3 Å². The Labute approximate surface area is 283 Å². The summed E-state index contributed by atoms with van der Waals surface area (Å²) in [7, 11) is 0. The fourth-order valence-corrected chi connectivity index (χ4v) is 5.46. The molecule has 11 heteroatoms. The van der Waals surface area contributed by atoms with E-state index in [9.17, 15) is 29.4 Å². The fourth-order valence-electron chi connectivity index (χ4n) is 5.46. The lowest BCUT2D eigenvalue weighted by atomic mass is 9.78. The molecule has 0 radical (unpaired) electrons. The van der Waals surface area contributed by atoms with Crippen LogP contribution in [0.5, 0.6) is 0 Å². The summed E-state index contributed by atoms with van der Waals surface area (Å²) < 4.78 is 0. The number of carbonyl (C=O) groups is 4. The molecular formula is C37H51N5O6. The summed E-state index contributed by atoms with van der Waals surface area (Å²) in [4.78, 5) is 57.3. The number of fused-ring (bicyclic) bond motifs is 1. The topological polar surface area (TPSA) is 170 Å². The van der Waals surface area contributed by atoms with Gasteiger partial charge in [0, 0.05) is 24.4 Å². The molecule has 260 valence electrons. The van der Waals surface area contributed by atoms with E-state index in [1.165, 1.54) is 6.92 Å². The molecule has 3 aromatic rings. The lowest BCUT2D eigenvalue weighted by Gasteiger charge is -2.31. The van der Waals surface area contributed by atoms with E-state index in [0.29, 0.717) is 5.52 Å². The van der Waals surface area contributed by atoms with Gasteiger partial charge in [0.15, 0.2) is 0 Å². The van der Waals surface area contributed by atoms with E-state index in [0.717, 1.165) is 23.8 Å². The number of carbonyl (C=O) groups excluding carboxylic acids is 4. The molecule has 0 fully saturated rings. The van der Waals surface area contributed by atoms with Gasteiger partial charge < -0.3 is 31.5 Å². The standard InChI is InChI=1S/C37H51N5O6/c1-7-26(8-2)39-32(45)21-27(37(4,5)6)34(46)38-22-31(44)30(20-24-14-10-9-11-15-24)41-36(48)33(23(3)43)42-35(47)29-19-18-25-16-12-13-17-28(25)40-29/h9-19,23,26-27,30-31,33,43-44H,7-8,20-22H2,1-6H3,(H,38,46)(H,39,45)(H,41,48)(H,42,47)/t23?,27-,30-,31+,33?/m0/s1. The van der Waals surface area contributed by atoms with Crippen LogP contribution in [0.25, 0.3) is 10.9 Å². The van der Waals surface area contributed by atoms with Crippen molar-refractivity contribution in [3.8, 4) is 0 Å². The molecule has 3 rings (SSSR count). The number of benzene rings is 2. The number of hydrogen-bond acceptors (Lipinski definition) is 7. The minimum Gasteiger partial charge on any atom is -0.391 e. The summed E-state index contributed by atoms with van der Waals surface area (Å²) >= 11 is 0. The van der Waals surface area contributed by atoms with Gasteiger partial charge in [-0.3, -0.25) is 19.2 Å². The van der Waals surface area contributed by atoms with Gasteiger partial charge in [0.25, 0.3) is 5.91 Å². The van der Waals surface area contributed by atoms with Crippen LogP contribution >= 0.6 is 0 Å². The van der Waals surface area contributed by atoms with Crippen LogP contribution in [0, 0.1) is 11.3 Å². The van der Waals surface area contributed by atoms with Crippen LogP contribution < -0.4 is 21.3 Å². The van der Waals surface area contributed by atoms with E-state index in [1.54, 1.807) is 24.3 Å². The molecule has 0 aliphatic rings. The molecule has 0 aliphatic carbocycles. The van der Waals surface area contributed by atoms with Gasteiger partial charge in [-0.2, -0.15) is 0 Å². The number of para-hydroxylation sites is 1. The van der Waals surface area contributed by atoms with Crippen molar-refractivity contribution in [3.63, 3.8) is 0 Å². The highest BCUT2D eigenvalue weighted by molar-refractivity contribution is 5.98. The Morgan fingerprint density at radius 1 is 0.812 bits per heavy atom. The molecule has 0 saturated carbocycles. The summed E-state index contributed by atoms with van der Waals surface area (Å²) in [6.07, 6.45) is -0.748. The molecule has 1 aromatic heterocycles. The highest BCUT2D eigenvalue weighted by Gasteiger charge is 2.35. The SMILES string of the molecule is CCC(CC)NC(=O)C[C@@H](C(=O)NC[C@@H](O)[C@H](Cc1ccccc1)NC(=O)C(NC(=O)c1ccc2ccccc2n1)C(C)O)C(C)(C)C. The summed E-state index contributed by atoms with van der Waals surface area (Å²) in [6.45, 7) is 10.8. The quantitative estimate of drug-likeness (QED) is 0.137. The van der Waals surface area contributed by atoms with Crippen LogP contribution in [-0.4, -0.2) is 75.7 Å². The largest absolute Gasteiger partial charge is 0.391 e. The second kappa shape index (κ2) is 17.7. The predicted molar refractivity (Wildman–Crippen MR) is 186 cm³/mol. The van der Waals surface area contributed by atoms with Crippen LogP contribution in [0.2, 0.25) is 0 Å². The third-order valence-corrected chi connectivity index (χ3v) is 8.56. The normalized spacial score (nSPS) is 14.8. The molecule has 48 heavy (non-hydrogen) atoms. The van der Waals surface area contributed by atoms with Crippen LogP contribution in [0.15, 0.2) is 66.7 Å². The lowest BCUT2D eigenvalue weighted by Crippen LogP contribution is -2.58. The Balaban J connectivity index is 1.74. The van der Waals surface area contributed by atoms with Crippen LogP contribution in [-0.2, 0) is 20.8 Å². The van der Waals surface area contributed by atoms with Gasteiger partial charge in [0.05, 0.1) is 29.7 Å². The molecule has 11 nitrogen and oxygen atoms in total. The van der Waals surface area contributed by atoms with E-state index >= 15 is 0 Å². The van der Waals surface area contributed by atoms with Gasteiger partial charge >= 0.3 is 0 Å². The molecule has 6 N–H and O–H groups in total. The molecule has 0 aliphatic heterocycles. The van der Waals surface area contributed by atoms with E-state index in [1.807, 2.05) is 77.1 Å². The van der Waals surface area contributed by atoms with Crippen molar-refractivity contribution in [2.75, 3.05) is 6.54 Å². The first-order chi connectivity index (χ1) is 22.7. The maximum Gasteiger partial charge on any atom is 0.270 e. The zero-order valence-electron chi connectivity index (χ0n) is 28.8. The Morgan fingerprint density at radius 3 is 2.08 bits per heavy atom. The van der Waals surface area contributed by atoms with Crippen LogP contribution in [0.4, 0.5) is 0 Å². The summed E-state index contributed by atoms with van der Waals surface area (Å²) in [5, 5.41) is 33.8. The van der Waals surface area contributed by atoms with Crippen molar-refractivity contribution in [2.45, 2.75) is 97.6 Å². The summed E-state index contributed by atoms with van der Waals surface area (Å²) in [5.41, 5.74) is 0.965. The zero-order valence-corrected chi connectivity index (χ0v) is 28.8. The molecule has 2 unspecified atom stereocenters. The monoisotopic (exact) mass is 661 g/mol. The van der Waals surface area contributed by atoms with Crippen molar-refractivity contribution >= 4 is 34.5 Å². The van der Waals surface area contributed by atoms with Crippen molar-refractivity contribution in [1.29, 1.82) is 0 Å². The van der Waals surface area contributed by atoms with E-state index < -0.39 is 47.4 Å². The predicted octanol–water partition coefficient (Wildman–Crippen LogP) is 3.28. The number of pyridine rings is 1. The maximum absolute atomic E-state index is 13.6. The molecule has 0 saturated heterocycles. The van der Waals surface area contributed by atoms with Crippen LogP contribution in [0.1, 0.15) is 76.9 Å². The number of aromatic nitrogens is 1. The van der Waals surface area contributed by atoms with E-state index in [4.69, 9.17) is 0 Å². The molecule has 1 heterocycles. The average Bonchev–Trinajstić information content (AvgIpc) is 3.06. The third kappa shape index (κ3) is 11.1. The maximum atomic E-state index is 13.6. The number of nitrogens with zero attached hydrogens (tertiary/aromatic N) is 1. The fraction of sp³-hybridized carbons (Fsp3) is 0.486. The highest BCUT2D eigenvalue weighted by atomic mass is 16.3. The minimum absolute atomic E-state index is 0.00601. The highest BCUT2D eigenvalue weighted by Crippen LogP contribution is 2.29. The van der Waals surface area contributed by atoms with Crippen molar-refractivity contribution < 1.29 is 29.4 Å². The van der Waals surface area contributed by atoms with Gasteiger partial charge in [-0.05, 0) is 49.3 Å². The number of amides is 4. The Hall–Kier alpha value is -4.35. The minimum atomic E-state index is -1.36. The number of hydrogen-bond donors (Lipinski definition) is 6. The summed E-state index contributed by atoms with van der Waals surface area (Å²) in [5.74, 6) is -2.62. The molecule has 0 bridgehead atoms. The first kappa shape index (κ1) is 38.1. The second-order valence-corrected chi connectivity index (χ2v) is 13.4. The second-order valence-electron chi connectivity index (χ2n) is 13.4. The summed E-state index contributed by atoms with van der Waals surface area (Å²) in [6, 6.07) is 17.6. The third-order valence-electron chi connectivity index (χ3n) is 8.56. The Bertz CT molecular complexity index is 1520. The van der Waals surface area contributed by atoms with E-state index in [2.05, 4.69) is 26.3 Å². The number of nitrogens with one attached hydrogen (secondary N) is 4. The van der Waals surface area contributed by atoms with Crippen LogP contribution in [0.3, 0.4) is 0 Å². The molecular weight excluding hydrogens is 610 g/mol. The zero-order chi connectivity index (χ0) is 35.4. The first-order valence-electron chi connectivity index (χ1n) is 16.7. The van der Waals surface area contributed by atoms with E-state index in [-0.39, 0.29) is 42.9 Å². The lowest BCUT2D eigenvalue weighted by molar-refractivity contribution is -0.134. The first-order valence-corrected chi connectivity index (χ1v) is 16.7. The van der Waals surface area contributed by atoms with Gasteiger partial charge in [-0.25, -0.2) is 4.98 Å². The van der Waals surface area contributed by atoms with Gasteiger partial charge in [-0.15, -0.1) is 0 Å². The molecule has 4 amide bonds. The van der Waals surface area contributed by atoms with Crippen molar-refractivity contribution in [1.82, 2.24) is 26.3 Å². The van der Waals surface area contributed by atoms with Gasteiger partial charge in [0.1, 0.15) is 11.7 Å². The van der Waals surface area contributed by atoms with Gasteiger partial charge in [0.2, 0.25) is 17.7 Å². The smallest absolute Gasteiger partial charge is 0.270 e. The Kier molecular flexibility index (Phi) is 14.1. The van der Waals surface area contributed by atoms with Gasteiger partial charge in [-0.1, -0.05) is 89.2 Å². The Morgan fingerprint density at radius 2 is 1.46 bits per heavy atom. The molecule has 5 atom stereocenters. The average molecular weight is 662 g/mol. The number of aliphatic hydroxyl groups excluding tert-OH is 2.